The molecule has 0 saturated carbocycles. The number of fused-ring (bicyclic) bond motifs is 1. The Morgan fingerprint density at radius 2 is 1.94 bits per heavy atom. The largest absolute Gasteiger partial charge is 0.496 e. The average Bonchev–Trinajstić information content (AvgIpc) is 2.78. The molecule has 0 bridgehead atoms. The summed E-state index contributed by atoms with van der Waals surface area (Å²) in [5, 5.41) is 7.03. The van der Waals surface area contributed by atoms with Crippen LogP contribution in [0.2, 0.25) is 0 Å². The van der Waals surface area contributed by atoms with Gasteiger partial charge in [-0.05, 0) is 49.7 Å². The van der Waals surface area contributed by atoms with Crippen LogP contribution in [0, 0.1) is 0 Å². The Morgan fingerprint density at radius 3 is 2.68 bits per heavy atom. The van der Waals surface area contributed by atoms with Crippen molar-refractivity contribution in [2.75, 3.05) is 17.7 Å². The van der Waals surface area contributed by atoms with E-state index in [9.17, 15) is 4.79 Å². The van der Waals surface area contributed by atoms with Gasteiger partial charge in [0.2, 0.25) is 5.95 Å². The van der Waals surface area contributed by atoms with Crippen LogP contribution in [0.5, 0.6) is 5.75 Å². The van der Waals surface area contributed by atoms with Crippen LogP contribution in [0.4, 0.5) is 11.6 Å². The van der Waals surface area contributed by atoms with Crippen LogP contribution in [0.1, 0.15) is 24.2 Å². The van der Waals surface area contributed by atoms with Gasteiger partial charge in [-0.2, -0.15) is 0 Å². The number of carbonyl (C=O) groups is 1. The summed E-state index contributed by atoms with van der Waals surface area (Å²) in [6.07, 6.45) is 4.97. The van der Waals surface area contributed by atoms with E-state index in [1.807, 2.05) is 50.2 Å². The van der Waals surface area contributed by atoms with Crippen molar-refractivity contribution in [3.05, 3.63) is 72.7 Å². The van der Waals surface area contributed by atoms with Gasteiger partial charge in [0.05, 0.1) is 18.2 Å². The number of hydrogen-bond acceptors (Lipinski definition) is 6. The lowest BCUT2D eigenvalue weighted by atomic mass is 10.0. The molecule has 2 aromatic heterocycles. The molecule has 7 heteroatoms. The molecular formula is C24H23N5O2. The van der Waals surface area contributed by atoms with Crippen LogP contribution in [-0.4, -0.2) is 34.0 Å². The summed E-state index contributed by atoms with van der Waals surface area (Å²) in [4.78, 5) is 25.4. The molecule has 0 spiro atoms. The Morgan fingerprint density at radius 1 is 1.06 bits per heavy atom. The standard InChI is InChI=1S/C24H23N5O2/c1-15(2)27-24-26-14-18-11-20(22(31-3)12-21(18)29-24)16-6-4-8-19(10-16)28-23(30)17-7-5-9-25-13-17/h4-15H,1-3H3,(H,28,30)(H,26,27,29). The molecule has 0 radical (unpaired) electrons. The summed E-state index contributed by atoms with van der Waals surface area (Å²) in [5.74, 6) is 1.06. The molecule has 0 aliphatic heterocycles. The lowest BCUT2D eigenvalue weighted by molar-refractivity contribution is 0.102. The summed E-state index contributed by atoms with van der Waals surface area (Å²) >= 11 is 0. The van der Waals surface area contributed by atoms with Gasteiger partial charge < -0.3 is 15.4 Å². The maximum Gasteiger partial charge on any atom is 0.257 e. The van der Waals surface area contributed by atoms with E-state index in [0.717, 1.165) is 22.0 Å². The number of methoxy groups -OCH3 is 1. The Hall–Kier alpha value is -4.00. The molecule has 0 aliphatic carbocycles. The predicted octanol–water partition coefficient (Wildman–Crippen LogP) is 4.77. The van der Waals surface area contributed by atoms with E-state index in [2.05, 4.69) is 25.6 Å². The zero-order chi connectivity index (χ0) is 21.8. The summed E-state index contributed by atoms with van der Waals surface area (Å²) < 4.78 is 5.64. The number of aromatic nitrogens is 3. The highest BCUT2D eigenvalue weighted by Crippen LogP contribution is 2.35. The Bertz CT molecular complexity index is 1230. The lowest BCUT2D eigenvalue weighted by Gasteiger charge is -2.13. The smallest absolute Gasteiger partial charge is 0.257 e. The van der Waals surface area contributed by atoms with Gasteiger partial charge in [-0.25, -0.2) is 9.97 Å². The number of benzene rings is 2. The molecule has 0 fully saturated rings. The highest BCUT2D eigenvalue weighted by Gasteiger charge is 2.12. The third-order valence-corrected chi connectivity index (χ3v) is 4.67. The van der Waals surface area contributed by atoms with Gasteiger partial charge in [0.1, 0.15) is 5.75 Å². The van der Waals surface area contributed by atoms with Crippen LogP contribution < -0.4 is 15.4 Å². The molecule has 0 saturated heterocycles. The lowest BCUT2D eigenvalue weighted by Crippen LogP contribution is -2.12. The van der Waals surface area contributed by atoms with E-state index in [4.69, 9.17) is 4.74 Å². The number of ether oxygens (including phenoxy) is 1. The molecule has 2 aromatic carbocycles. The van der Waals surface area contributed by atoms with Crippen LogP contribution in [0.3, 0.4) is 0 Å². The molecule has 156 valence electrons. The minimum atomic E-state index is -0.214. The second-order valence-corrected chi connectivity index (χ2v) is 7.38. The quantitative estimate of drug-likeness (QED) is 0.473. The number of pyridine rings is 1. The van der Waals surface area contributed by atoms with Crippen molar-refractivity contribution in [2.24, 2.45) is 0 Å². The molecule has 0 unspecified atom stereocenters. The third-order valence-electron chi connectivity index (χ3n) is 4.67. The number of carbonyl (C=O) groups excluding carboxylic acids is 1. The van der Waals surface area contributed by atoms with Crippen molar-refractivity contribution in [3.8, 4) is 16.9 Å². The van der Waals surface area contributed by atoms with E-state index >= 15 is 0 Å². The van der Waals surface area contributed by atoms with Crippen molar-refractivity contribution >= 4 is 28.4 Å². The van der Waals surface area contributed by atoms with Crippen LogP contribution in [0.25, 0.3) is 22.0 Å². The number of anilines is 2. The fourth-order valence-corrected chi connectivity index (χ4v) is 3.25. The molecular weight excluding hydrogens is 390 g/mol. The number of amides is 1. The van der Waals surface area contributed by atoms with Gasteiger partial charge in [0.25, 0.3) is 5.91 Å². The molecule has 7 nitrogen and oxygen atoms in total. The zero-order valence-electron chi connectivity index (χ0n) is 17.6. The van der Waals surface area contributed by atoms with E-state index in [1.165, 1.54) is 6.20 Å². The van der Waals surface area contributed by atoms with Crippen molar-refractivity contribution in [2.45, 2.75) is 19.9 Å². The average molecular weight is 413 g/mol. The highest BCUT2D eigenvalue weighted by atomic mass is 16.5. The Balaban J connectivity index is 1.67. The summed E-state index contributed by atoms with van der Waals surface area (Å²) in [5.41, 5.74) is 3.77. The van der Waals surface area contributed by atoms with Crippen molar-refractivity contribution in [3.63, 3.8) is 0 Å². The molecule has 0 atom stereocenters. The molecule has 2 heterocycles. The van der Waals surface area contributed by atoms with Crippen LogP contribution in [0.15, 0.2) is 67.1 Å². The van der Waals surface area contributed by atoms with Gasteiger partial charge in [0.15, 0.2) is 0 Å². The predicted molar refractivity (Wildman–Crippen MR) is 122 cm³/mol. The Kier molecular flexibility index (Phi) is 5.75. The molecule has 31 heavy (non-hydrogen) atoms. The normalized spacial score (nSPS) is 10.8. The van der Waals surface area contributed by atoms with E-state index in [-0.39, 0.29) is 11.9 Å². The first-order valence-electron chi connectivity index (χ1n) is 9.96. The Labute approximate surface area is 180 Å². The number of nitrogens with one attached hydrogen (secondary N) is 2. The van der Waals surface area contributed by atoms with Gasteiger partial charge >= 0.3 is 0 Å². The van der Waals surface area contributed by atoms with Crippen LogP contribution in [-0.2, 0) is 0 Å². The molecule has 1 amide bonds. The fraction of sp³-hybridized carbons (Fsp3) is 0.167. The van der Waals surface area contributed by atoms with Crippen LogP contribution >= 0.6 is 0 Å². The first-order chi connectivity index (χ1) is 15.0. The summed E-state index contributed by atoms with van der Waals surface area (Å²) in [6.45, 7) is 4.08. The third kappa shape index (κ3) is 4.61. The minimum Gasteiger partial charge on any atom is -0.496 e. The number of hydrogen-bond donors (Lipinski definition) is 2. The van der Waals surface area contributed by atoms with Crippen molar-refractivity contribution in [1.29, 1.82) is 0 Å². The summed E-state index contributed by atoms with van der Waals surface area (Å²) in [7, 11) is 1.63. The maximum atomic E-state index is 12.5. The maximum absolute atomic E-state index is 12.5. The monoisotopic (exact) mass is 413 g/mol. The molecule has 2 N–H and O–H groups in total. The van der Waals surface area contributed by atoms with Crippen molar-refractivity contribution < 1.29 is 9.53 Å². The minimum absolute atomic E-state index is 0.214. The highest BCUT2D eigenvalue weighted by molar-refractivity contribution is 6.04. The molecule has 4 aromatic rings. The van der Waals surface area contributed by atoms with Crippen molar-refractivity contribution in [1.82, 2.24) is 15.0 Å². The van der Waals surface area contributed by atoms with Gasteiger partial charge in [-0.15, -0.1) is 0 Å². The first-order valence-corrected chi connectivity index (χ1v) is 9.96. The van der Waals surface area contributed by atoms with Gasteiger partial charge in [0, 0.05) is 47.3 Å². The van der Waals surface area contributed by atoms with E-state index in [1.54, 1.807) is 31.6 Å². The topological polar surface area (TPSA) is 89.0 Å². The van der Waals surface area contributed by atoms with E-state index in [0.29, 0.717) is 22.9 Å². The van der Waals surface area contributed by atoms with E-state index < -0.39 is 0 Å². The van der Waals surface area contributed by atoms with Gasteiger partial charge in [-0.3, -0.25) is 9.78 Å². The number of rotatable bonds is 6. The molecule has 0 aliphatic rings. The SMILES string of the molecule is COc1cc2nc(NC(C)C)ncc2cc1-c1cccc(NC(=O)c2cccnc2)c1. The number of nitrogens with zero attached hydrogens (tertiary/aromatic N) is 3. The fourth-order valence-electron chi connectivity index (χ4n) is 3.25. The second-order valence-electron chi connectivity index (χ2n) is 7.38. The molecule has 4 rings (SSSR count). The van der Waals surface area contributed by atoms with Gasteiger partial charge in [-0.1, -0.05) is 12.1 Å². The first kappa shape index (κ1) is 20.3. The second kappa shape index (κ2) is 8.79. The zero-order valence-corrected chi connectivity index (χ0v) is 17.6. The summed E-state index contributed by atoms with van der Waals surface area (Å²) in [6, 6.07) is 15.2.